The first kappa shape index (κ1) is 18.1. The van der Waals surface area contributed by atoms with Gasteiger partial charge in [-0.05, 0) is 67.2 Å². The molecule has 4 bridgehead atoms. The third kappa shape index (κ3) is 3.02. The normalized spacial score (nSPS) is 36.7. The molecule has 6 rings (SSSR count). The van der Waals surface area contributed by atoms with Crippen molar-refractivity contribution in [3.63, 3.8) is 0 Å². The van der Waals surface area contributed by atoms with Crippen molar-refractivity contribution in [2.75, 3.05) is 0 Å². The van der Waals surface area contributed by atoms with E-state index in [2.05, 4.69) is 40.4 Å². The molecule has 0 aliphatic heterocycles. The Morgan fingerprint density at radius 1 is 1.04 bits per heavy atom. The lowest BCUT2D eigenvalue weighted by Crippen LogP contribution is -2.63. The average Bonchev–Trinajstić information content (AvgIpc) is 2.67. The van der Waals surface area contributed by atoms with Gasteiger partial charge in [-0.25, -0.2) is 0 Å². The van der Waals surface area contributed by atoms with Gasteiger partial charge in [0.1, 0.15) is 0 Å². The SMILES string of the molecule is [N-]=[N+]=N[C@@H](c1ccccc1)C1C2CC3CC(Sc4ccccc4)(C2)C[C@@]1(O)C3. The van der Waals surface area contributed by atoms with E-state index in [9.17, 15) is 10.6 Å². The summed E-state index contributed by atoms with van der Waals surface area (Å²) >= 11 is 1.96. The number of rotatable bonds is 5. The van der Waals surface area contributed by atoms with Gasteiger partial charge >= 0.3 is 0 Å². The lowest BCUT2D eigenvalue weighted by atomic mass is 9.47. The molecule has 0 spiro atoms. The van der Waals surface area contributed by atoms with Crippen LogP contribution in [0.2, 0.25) is 0 Å². The van der Waals surface area contributed by atoms with E-state index in [0.717, 1.165) is 31.2 Å². The molecule has 4 aliphatic rings. The predicted octanol–water partition coefficient (Wildman–Crippen LogP) is 6.14. The first-order valence-corrected chi connectivity index (χ1v) is 11.0. The molecule has 0 aromatic heterocycles. The van der Waals surface area contributed by atoms with E-state index in [0.29, 0.717) is 11.8 Å². The fourth-order valence-corrected chi connectivity index (χ4v) is 8.27. The van der Waals surface area contributed by atoms with Gasteiger partial charge in [0.05, 0.1) is 11.6 Å². The van der Waals surface area contributed by atoms with Gasteiger partial charge in [-0.1, -0.05) is 53.6 Å². The van der Waals surface area contributed by atoms with Gasteiger partial charge in [-0.2, -0.15) is 0 Å². The number of benzene rings is 2. The maximum absolute atomic E-state index is 11.9. The molecule has 5 heteroatoms. The van der Waals surface area contributed by atoms with Crippen LogP contribution in [0, 0.1) is 17.8 Å². The molecular formula is C23H25N3OS. The Labute approximate surface area is 170 Å². The van der Waals surface area contributed by atoms with E-state index >= 15 is 0 Å². The van der Waals surface area contributed by atoms with E-state index in [1.807, 2.05) is 42.1 Å². The Morgan fingerprint density at radius 3 is 2.43 bits per heavy atom. The Balaban J connectivity index is 1.50. The molecule has 28 heavy (non-hydrogen) atoms. The lowest BCUT2D eigenvalue weighted by molar-refractivity contribution is -0.169. The van der Waals surface area contributed by atoms with Crippen LogP contribution in [0.3, 0.4) is 0 Å². The summed E-state index contributed by atoms with van der Waals surface area (Å²) in [5, 5.41) is 16.1. The molecule has 4 nitrogen and oxygen atoms in total. The van der Waals surface area contributed by atoms with Crippen LogP contribution in [-0.4, -0.2) is 15.5 Å². The monoisotopic (exact) mass is 391 g/mol. The largest absolute Gasteiger partial charge is 0.390 e. The molecule has 1 N–H and O–H groups in total. The van der Waals surface area contributed by atoms with Gasteiger partial charge in [0, 0.05) is 20.5 Å². The third-order valence-corrected chi connectivity index (χ3v) is 8.48. The number of nitrogens with zero attached hydrogens (tertiary/aromatic N) is 3. The number of aliphatic hydroxyl groups is 1. The molecule has 0 amide bonds. The van der Waals surface area contributed by atoms with Crippen molar-refractivity contribution in [1.82, 2.24) is 0 Å². The van der Waals surface area contributed by atoms with Gasteiger partial charge in [-0.15, -0.1) is 11.8 Å². The van der Waals surface area contributed by atoms with Gasteiger partial charge in [-0.3, -0.25) is 0 Å². The van der Waals surface area contributed by atoms with Gasteiger partial charge in [0.15, 0.2) is 0 Å². The van der Waals surface area contributed by atoms with Crippen molar-refractivity contribution in [2.45, 2.75) is 53.4 Å². The van der Waals surface area contributed by atoms with E-state index in [1.54, 1.807) is 0 Å². The highest BCUT2D eigenvalue weighted by molar-refractivity contribution is 8.00. The predicted molar refractivity (Wildman–Crippen MR) is 112 cm³/mol. The molecule has 2 aromatic carbocycles. The highest BCUT2D eigenvalue weighted by atomic mass is 32.2. The molecule has 4 unspecified atom stereocenters. The molecule has 0 heterocycles. The number of hydrogen-bond acceptors (Lipinski definition) is 3. The number of hydrogen-bond donors (Lipinski definition) is 1. The summed E-state index contributed by atoms with van der Waals surface area (Å²) in [7, 11) is 0. The quantitative estimate of drug-likeness (QED) is 0.378. The highest BCUT2D eigenvalue weighted by Gasteiger charge is 2.63. The molecule has 144 valence electrons. The zero-order valence-corrected chi connectivity index (χ0v) is 16.6. The second kappa shape index (κ2) is 6.84. The molecule has 4 saturated carbocycles. The second-order valence-electron chi connectivity index (χ2n) is 8.94. The summed E-state index contributed by atoms with van der Waals surface area (Å²) in [6, 6.07) is 20.3. The minimum atomic E-state index is -0.749. The van der Waals surface area contributed by atoms with Crippen molar-refractivity contribution < 1.29 is 5.11 Å². The van der Waals surface area contributed by atoms with Crippen LogP contribution in [0.1, 0.15) is 43.7 Å². The summed E-state index contributed by atoms with van der Waals surface area (Å²) in [6.07, 6.45) is 5.07. The summed E-state index contributed by atoms with van der Waals surface area (Å²) < 4.78 is 0.107. The van der Waals surface area contributed by atoms with Gasteiger partial charge < -0.3 is 5.11 Å². The summed E-state index contributed by atoms with van der Waals surface area (Å²) in [5.41, 5.74) is 9.53. The summed E-state index contributed by atoms with van der Waals surface area (Å²) in [5.74, 6) is 0.984. The second-order valence-corrected chi connectivity index (χ2v) is 10.5. The van der Waals surface area contributed by atoms with Crippen molar-refractivity contribution in [2.24, 2.45) is 22.9 Å². The third-order valence-electron chi connectivity index (χ3n) is 7.06. The molecule has 2 aromatic rings. The number of azide groups is 1. The molecule has 6 atom stereocenters. The Bertz CT molecular complexity index is 901. The van der Waals surface area contributed by atoms with Crippen LogP contribution < -0.4 is 0 Å². The molecule has 4 aliphatic carbocycles. The topological polar surface area (TPSA) is 69.0 Å². The Hall–Kier alpha value is -1.94. The zero-order chi connectivity index (χ0) is 19.2. The van der Waals surface area contributed by atoms with Crippen LogP contribution in [-0.2, 0) is 0 Å². The standard InChI is InChI=1S/C23H25N3OS/c24-26-25-21(17-7-3-1-4-8-17)20-18-11-16-12-22(14-18,15-23(20,27)13-16)28-19-9-5-2-6-10-19/h1-10,16,18,20-21,27H,11-15H2/t16?,18?,20?,21-,22?,23-/m0/s1. The average molecular weight is 392 g/mol. The van der Waals surface area contributed by atoms with E-state index in [1.165, 1.54) is 11.3 Å². The minimum absolute atomic E-state index is 0.00634. The zero-order valence-electron chi connectivity index (χ0n) is 15.8. The first-order chi connectivity index (χ1) is 13.6. The first-order valence-electron chi connectivity index (χ1n) is 10.2. The van der Waals surface area contributed by atoms with Crippen LogP contribution in [0.25, 0.3) is 10.4 Å². The molecule has 4 fully saturated rings. The van der Waals surface area contributed by atoms with Crippen LogP contribution in [0.4, 0.5) is 0 Å². The maximum Gasteiger partial charge on any atom is 0.0701 e. The maximum atomic E-state index is 11.9. The lowest BCUT2D eigenvalue weighted by Gasteiger charge is -2.64. The fraction of sp³-hybridized carbons (Fsp3) is 0.478. The van der Waals surface area contributed by atoms with Crippen molar-refractivity contribution >= 4 is 11.8 Å². The van der Waals surface area contributed by atoms with E-state index in [4.69, 9.17) is 0 Å². The van der Waals surface area contributed by atoms with Crippen molar-refractivity contribution in [3.8, 4) is 0 Å². The minimum Gasteiger partial charge on any atom is -0.390 e. The van der Waals surface area contributed by atoms with Crippen LogP contribution in [0.5, 0.6) is 0 Å². The molecule has 0 saturated heterocycles. The highest BCUT2D eigenvalue weighted by Crippen LogP contribution is 2.67. The summed E-state index contributed by atoms with van der Waals surface area (Å²) in [4.78, 5) is 4.46. The Kier molecular flexibility index (Phi) is 4.42. The van der Waals surface area contributed by atoms with E-state index in [-0.39, 0.29) is 16.7 Å². The number of thioether (sulfide) groups is 1. The molecular weight excluding hydrogens is 366 g/mol. The fourth-order valence-electron chi connectivity index (χ4n) is 6.54. The summed E-state index contributed by atoms with van der Waals surface area (Å²) in [6.45, 7) is 0. The van der Waals surface area contributed by atoms with Crippen LogP contribution in [0.15, 0.2) is 70.7 Å². The van der Waals surface area contributed by atoms with E-state index < -0.39 is 5.60 Å². The van der Waals surface area contributed by atoms with Crippen LogP contribution >= 0.6 is 11.8 Å². The van der Waals surface area contributed by atoms with Crippen molar-refractivity contribution in [1.29, 1.82) is 0 Å². The Morgan fingerprint density at radius 2 is 1.75 bits per heavy atom. The van der Waals surface area contributed by atoms with Gasteiger partial charge in [0.2, 0.25) is 0 Å². The van der Waals surface area contributed by atoms with Crippen molar-refractivity contribution in [3.05, 3.63) is 76.7 Å². The molecule has 0 radical (unpaired) electrons. The smallest absolute Gasteiger partial charge is 0.0701 e. The van der Waals surface area contributed by atoms with Gasteiger partial charge in [0.25, 0.3) is 0 Å².